The van der Waals surface area contributed by atoms with Gasteiger partial charge in [0.25, 0.3) is 0 Å². The van der Waals surface area contributed by atoms with Gasteiger partial charge in [0.05, 0.1) is 0 Å². The normalized spacial score (nSPS) is 15.3. The van der Waals surface area contributed by atoms with Crippen LogP contribution in [0.15, 0.2) is 12.4 Å². The summed E-state index contributed by atoms with van der Waals surface area (Å²) in [5, 5.41) is 0. The number of hydrogen-bond donors (Lipinski definition) is 0. The van der Waals surface area contributed by atoms with Crippen molar-refractivity contribution in [1.82, 2.24) is 9.80 Å². The molecule has 0 radical (unpaired) electrons. The number of hydrogen-bond acceptors (Lipinski definition) is 2. The van der Waals surface area contributed by atoms with Crippen molar-refractivity contribution in [2.75, 3.05) is 13.1 Å². The lowest BCUT2D eigenvalue weighted by Crippen LogP contribution is -2.39. The molecule has 1 atom stereocenters. The maximum Gasteiger partial charge on any atom is 0.101 e. The average molecular weight is 533 g/mol. The van der Waals surface area contributed by atoms with Gasteiger partial charge >= 0.3 is 0 Å². The minimum Gasteiger partial charge on any atom is -0.356 e. The van der Waals surface area contributed by atoms with Gasteiger partial charge in [-0.25, -0.2) is 0 Å². The SMILES string of the molecule is CCCCCCCCCCCCCCC1N(CCCCCCCC)C=CN1CCCCCCCCCCC. The lowest BCUT2D eigenvalue weighted by atomic mass is 10.0. The molecule has 0 amide bonds. The van der Waals surface area contributed by atoms with Gasteiger partial charge in [-0.2, -0.15) is 0 Å². The maximum absolute atomic E-state index is 2.71. The van der Waals surface area contributed by atoms with Gasteiger partial charge in [0.2, 0.25) is 0 Å². The van der Waals surface area contributed by atoms with Crippen LogP contribution in [0.1, 0.15) is 201 Å². The van der Waals surface area contributed by atoms with Gasteiger partial charge in [-0.15, -0.1) is 0 Å². The van der Waals surface area contributed by atoms with Crippen LogP contribution >= 0.6 is 0 Å². The summed E-state index contributed by atoms with van der Waals surface area (Å²) in [4.78, 5) is 5.41. The van der Waals surface area contributed by atoms with E-state index < -0.39 is 0 Å². The Bertz CT molecular complexity index is 488. The Hall–Kier alpha value is -0.660. The quantitative estimate of drug-likeness (QED) is 0.0848. The minimum absolute atomic E-state index is 0.641. The Morgan fingerprint density at radius 1 is 0.342 bits per heavy atom. The van der Waals surface area contributed by atoms with Crippen molar-refractivity contribution >= 4 is 0 Å². The van der Waals surface area contributed by atoms with Gasteiger partial charge < -0.3 is 9.80 Å². The van der Waals surface area contributed by atoms with E-state index in [1.54, 1.807) is 0 Å². The predicted molar refractivity (Wildman–Crippen MR) is 173 cm³/mol. The van der Waals surface area contributed by atoms with Crippen molar-refractivity contribution in [1.29, 1.82) is 0 Å². The van der Waals surface area contributed by atoms with Crippen LogP contribution in [-0.4, -0.2) is 29.1 Å². The first-order chi connectivity index (χ1) is 18.8. The molecule has 226 valence electrons. The third-order valence-corrected chi connectivity index (χ3v) is 8.82. The van der Waals surface area contributed by atoms with Crippen LogP contribution < -0.4 is 0 Å². The van der Waals surface area contributed by atoms with Crippen LogP contribution in [0.25, 0.3) is 0 Å². The smallest absolute Gasteiger partial charge is 0.101 e. The summed E-state index contributed by atoms with van der Waals surface area (Å²) in [6, 6.07) is 0. The molecule has 0 aliphatic carbocycles. The van der Waals surface area contributed by atoms with Crippen LogP contribution in [0, 0.1) is 0 Å². The Morgan fingerprint density at radius 3 is 0.921 bits per heavy atom. The molecule has 1 aliphatic rings. The molecule has 0 N–H and O–H groups in total. The first-order valence-corrected chi connectivity index (χ1v) is 18.0. The molecular formula is C36H72N2. The molecule has 1 aliphatic heterocycles. The van der Waals surface area contributed by atoms with Gasteiger partial charge in [0.1, 0.15) is 6.17 Å². The van der Waals surface area contributed by atoms with Gasteiger partial charge in [0, 0.05) is 25.5 Å². The molecule has 2 heteroatoms. The number of nitrogens with zero attached hydrogens (tertiary/aromatic N) is 2. The Labute approximate surface area is 241 Å². The van der Waals surface area contributed by atoms with Crippen LogP contribution in [0.5, 0.6) is 0 Å². The molecule has 1 unspecified atom stereocenters. The molecule has 0 saturated carbocycles. The second-order valence-corrected chi connectivity index (χ2v) is 12.5. The molecule has 0 bridgehead atoms. The van der Waals surface area contributed by atoms with Gasteiger partial charge in [-0.3, -0.25) is 0 Å². The number of unbranched alkanes of at least 4 members (excludes halogenated alkanes) is 24. The summed E-state index contributed by atoms with van der Waals surface area (Å²) in [6.45, 7) is 9.47. The van der Waals surface area contributed by atoms with Crippen molar-refractivity contribution < 1.29 is 0 Å². The molecule has 0 aromatic carbocycles. The highest BCUT2D eigenvalue weighted by molar-refractivity contribution is 4.97. The molecule has 1 rings (SSSR count). The Balaban J connectivity index is 2.22. The van der Waals surface area contributed by atoms with E-state index in [1.165, 1.54) is 193 Å². The van der Waals surface area contributed by atoms with E-state index in [4.69, 9.17) is 0 Å². The average Bonchev–Trinajstić information content (AvgIpc) is 3.31. The summed E-state index contributed by atoms with van der Waals surface area (Å²) in [6.07, 6.45) is 45.5. The number of rotatable bonds is 30. The van der Waals surface area contributed by atoms with Crippen molar-refractivity contribution in [3.05, 3.63) is 12.4 Å². The summed E-state index contributed by atoms with van der Waals surface area (Å²) in [5.41, 5.74) is 0. The lowest BCUT2D eigenvalue weighted by molar-refractivity contribution is 0.135. The van der Waals surface area contributed by atoms with Crippen LogP contribution in [0.3, 0.4) is 0 Å². The zero-order chi connectivity index (χ0) is 27.4. The van der Waals surface area contributed by atoms with E-state index in [-0.39, 0.29) is 0 Å². The second-order valence-electron chi connectivity index (χ2n) is 12.5. The molecule has 38 heavy (non-hydrogen) atoms. The largest absolute Gasteiger partial charge is 0.356 e. The maximum atomic E-state index is 2.71. The summed E-state index contributed by atoms with van der Waals surface area (Å²) < 4.78 is 0. The highest BCUT2D eigenvalue weighted by Gasteiger charge is 2.24. The monoisotopic (exact) mass is 533 g/mol. The second kappa shape index (κ2) is 27.9. The van der Waals surface area contributed by atoms with Crippen molar-refractivity contribution in [3.8, 4) is 0 Å². The van der Waals surface area contributed by atoms with Crippen LogP contribution in [0.2, 0.25) is 0 Å². The Morgan fingerprint density at radius 2 is 0.605 bits per heavy atom. The third-order valence-electron chi connectivity index (χ3n) is 8.82. The van der Waals surface area contributed by atoms with E-state index >= 15 is 0 Å². The molecule has 0 saturated heterocycles. The van der Waals surface area contributed by atoms with E-state index in [1.807, 2.05) is 0 Å². The summed E-state index contributed by atoms with van der Waals surface area (Å²) in [5.74, 6) is 0. The first kappa shape index (κ1) is 35.4. The predicted octanol–water partition coefficient (Wildman–Crippen LogP) is 12.4. The van der Waals surface area contributed by atoms with Gasteiger partial charge in [0.15, 0.2) is 0 Å². The third kappa shape index (κ3) is 20.3. The molecular weight excluding hydrogens is 460 g/mol. The summed E-state index contributed by atoms with van der Waals surface area (Å²) >= 11 is 0. The van der Waals surface area contributed by atoms with Crippen LogP contribution in [-0.2, 0) is 0 Å². The molecule has 0 aromatic rings. The summed E-state index contributed by atoms with van der Waals surface area (Å²) in [7, 11) is 0. The van der Waals surface area contributed by atoms with Gasteiger partial charge in [-0.05, 0) is 25.7 Å². The zero-order valence-corrected chi connectivity index (χ0v) is 26.8. The van der Waals surface area contributed by atoms with Crippen LogP contribution in [0.4, 0.5) is 0 Å². The molecule has 0 spiro atoms. The fourth-order valence-corrected chi connectivity index (χ4v) is 6.19. The lowest BCUT2D eigenvalue weighted by Gasteiger charge is -2.33. The van der Waals surface area contributed by atoms with E-state index in [2.05, 4.69) is 43.0 Å². The highest BCUT2D eigenvalue weighted by Crippen LogP contribution is 2.24. The fourth-order valence-electron chi connectivity index (χ4n) is 6.19. The molecule has 2 nitrogen and oxygen atoms in total. The fraction of sp³-hybridized carbons (Fsp3) is 0.944. The van der Waals surface area contributed by atoms with Crippen molar-refractivity contribution in [2.45, 2.75) is 207 Å². The molecule has 0 fully saturated rings. The zero-order valence-electron chi connectivity index (χ0n) is 26.8. The van der Waals surface area contributed by atoms with E-state index in [9.17, 15) is 0 Å². The standard InChI is InChI=1S/C36H72N2/c1-4-7-10-13-16-18-19-20-21-23-25-28-31-36-37(32-29-26-15-12-9-6-3)34-35-38(36)33-30-27-24-22-17-14-11-8-5-2/h34-36H,4-33H2,1-3H3. The van der Waals surface area contributed by atoms with E-state index in [0.717, 1.165) is 0 Å². The highest BCUT2D eigenvalue weighted by atomic mass is 15.4. The molecule has 1 heterocycles. The van der Waals surface area contributed by atoms with Crippen molar-refractivity contribution in [2.24, 2.45) is 0 Å². The van der Waals surface area contributed by atoms with Crippen molar-refractivity contribution in [3.63, 3.8) is 0 Å². The minimum atomic E-state index is 0.641. The first-order valence-electron chi connectivity index (χ1n) is 18.0. The van der Waals surface area contributed by atoms with E-state index in [0.29, 0.717) is 6.17 Å². The molecule has 0 aromatic heterocycles. The topological polar surface area (TPSA) is 6.48 Å². The Kier molecular flexibility index (Phi) is 26.0. The van der Waals surface area contributed by atoms with Gasteiger partial charge in [-0.1, -0.05) is 175 Å².